The Labute approximate surface area is 161 Å². The van der Waals surface area contributed by atoms with Gasteiger partial charge in [0.2, 0.25) is 0 Å². The Morgan fingerprint density at radius 3 is 2.50 bits per heavy atom. The molecule has 1 saturated heterocycles. The number of hydrogen-bond donors (Lipinski definition) is 3. The van der Waals surface area contributed by atoms with Crippen molar-refractivity contribution in [3.8, 4) is 0 Å². The van der Waals surface area contributed by atoms with Crippen molar-refractivity contribution in [2.75, 3.05) is 18.5 Å². The second-order valence-electron chi connectivity index (χ2n) is 6.71. The fourth-order valence-corrected chi connectivity index (χ4v) is 5.47. The molecule has 146 valence electrons. The molecule has 1 aliphatic heterocycles. The summed E-state index contributed by atoms with van der Waals surface area (Å²) in [6.07, 6.45) is 1.00. The first-order valence-electron chi connectivity index (χ1n) is 9.03. The Hall–Kier alpha value is -2.91. The molecule has 0 radical (unpaired) electrons. The van der Waals surface area contributed by atoms with Crippen molar-refractivity contribution in [2.45, 2.75) is 23.0 Å². The Morgan fingerprint density at radius 2 is 1.71 bits per heavy atom. The number of amides is 1. The van der Waals surface area contributed by atoms with Gasteiger partial charge in [-0.2, -0.15) is 0 Å². The minimum absolute atomic E-state index is 0.00714. The highest BCUT2D eigenvalue weighted by Gasteiger charge is 2.32. The summed E-state index contributed by atoms with van der Waals surface area (Å²) < 4.78 is 27.3. The lowest BCUT2D eigenvalue weighted by atomic mass is 10.2. The maximum absolute atomic E-state index is 13.1. The molecule has 0 spiro atoms. The van der Waals surface area contributed by atoms with Crippen LogP contribution in [0.2, 0.25) is 0 Å². The predicted molar refractivity (Wildman–Crippen MR) is 106 cm³/mol. The Bertz CT molecular complexity index is 1190. The average molecular weight is 400 g/mol. The van der Waals surface area contributed by atoms with Gasteiger partial charge >= 0.3 is 5.69 Å². The smallest absolute Gasteiger partial charge is 0.317 e. The summed E-state index contributed by atoms with van der Waals surface area (Å²) in [5.41, 5.74) is 3.11. The number of H-pyrrole nitrogens is 1. The number of piperidine rings is 1. The molecule has 28 heavy (non-hydrogen) atoms. The van der Waals surface area contributed by atoms with Crippen molar-refractivity contribution in [2.24, 2.45) is 0 Å². The molecule has 1 aromatic heterocycles. The van der Waals surface area contributed by atoms with Gasteiger partial charge in [-0.25, -0.2) is 17.9 Å². The van der Waals surface area contributed by atoms with Crippen LogP contribution in [-0.2, 0) is 9.84 Å². The van der Waals surface area contributed by atoms with E-state index in [0.717, 1.165) is 4.68 Å². The summed E-state index contributed by atoms with van der Waals surface area (Å²) in [6.45, 7) is 1.26. The lowest BCUT2D eigenvalue weighted by molar-refractivity contribution is 0.100. The van der Waals surface area contributed by atoms with Crippen molar-refractivity contribution in [3.63, 3.8) is 0 Å². The molecule has 4 rings (SSSR count). The maximum Gasteiger partial charge on any atom is 0.345 e. The third kappa shape index (κ3) is 3.23. The van der Waals surface area contributed by atoms with E-state index in [2.05, 4.69) is 15.7 Å². The highest BCUT2D eigenvalue weighted by Crippen LogP contribution is 2.25. The molecule has 2 heterocycles. The first-order chi connectivity index (χ1) is 13.5. The summed E-state index contributed by atoms with van der Waals surface area (Å²) in [4.78, 5) is 27.7. The molecule has 3 N–H and O–H groups in total. The summed E-state index contributed by atoms with van der Waals surface area (Å²) in [6, 6.07) is 13.0. The molecule has 0 unspecified atom stereocenters. The zero-order chi connectivity index (χ0) is 19.7. The lowest BCUT2D eigenvalue weighted by Crippen LogP contribution is -2.37. The number of nitrogens with one attached hydrogen (secondary N) is 3. The quantitative estimate of drug-likeness (QED) is 0.610. The topological polar surface area (TPSA) is 113 Å². The van der Waals surface area contributed by atoms with E-state index in [1.807, 2.05) is 0 Å². The lowest BCUT2D eigenvalue weighted by Gasteiger charge is -2.23. The number of nitrogens with zero attached hydrogens (tertiary/aromatic N) is 1. The van der Waals surface area contributed by atoms with E-state index >= 15 is 0 Å². The zero-order valence-corrected chi connectivity index (χ0v) is 15.8. The fraction of sp³-hybridized carbons (Fsp3) is 0.263. The predicted octanol–water partition coefficient (Wildman–Crippen LogP) is 1.24. The molecule has 0 atom stereocenters. The van der Waals surface area contributed by atoms with Gasteiger partial charge in [0.15, 0.2) is 9.84 Å². The number of para-hydroxylation sites is 2. The van der Waals surface area contributed by atoms with Crippen LogP contribution in [0, 0.1) is 0 Å². The Kier molecular flexibility index (Phi) is 4.78. The van der Waals surface area contributed by atoms with Crippen LogP contribution in [0.4, 0.5) is 0 Å². The normalized spacial score (nSPS) is 15.6. The van der Waals surface area contributed by atoms with Crippen LogP contribution in [0.15, 0.2) is 58.2 Å². The van der Waals surface area contributed by atoms with Crippen LogP contribution < -0.4 is 16.4 Å². The molecule has 0 aliphatic carbocycles. The number of hydrogen-bond acceptors (Lipinski definition) is 5. The molecule has 2 aromatic carbocycles. The zero-order valence-electron chi connectivity index (χ0n) is 15.0. The van der Waals surface area contributed by atoms with Crippen LogP contribution in [0.3, 0.4) is 0 Å². The minimum Gasteiger partial charge on any atom is -0.317 e. The Morgan fingerprint density at radius 1 is 1.04 bits per heavy atom. The molecule has 1 amide bonds. The van der Waals surface area contributed by atoms with Gasteiger partial charge in [-0.3, -0.25) is 10.2 Å². The highest BCUT2D eigenvalue weighted by atomic mass is 32.2. The standard InChI is InChI=1S/C19H20N4O4S/c24-18(22-23-16-7-3-2-6-15(16)21-19(23)25)14-5-1-4-8-17(14)28(26,27)13-9-11-20-12-10-13/h1-8,13,20H,9-12H2,(H,21,25)(H,22,24). The van der Waals surface area contributed by atoms with Crippen molar-refractivity contribution in [1.82, 2.24) is 15.0 Å². The molecule has 9 heteroatoms. The van der Waals surface area contributed by atoms with Gasteiger partial charge in [-0.1, -0.05) is 24.3 Å². The molecule has 1 fully saturated rings. The number of aromatic amines is 1. The third-order valence-electron chi connectivity index (χ3n) is 4.97. The summed E-state index contributed by atoms with van der Waals surface area (Å²) in [5.74, 6) is -0.653. The van der Waals surface area contributed by atoms with E-state index in [-0.39, 0.29) is 10.5 Å². The van der Waals surface area contributed by atoms with Crippen LogP contribution in [0.5, 0.6) is 0 Å². The van der Waals surface area contributed by atoms with Gasteiger partial charge in [-0.15, -0.1) is 0 Å². The largest absolute Gasteiger partial charge is 0.345 e. The number of fused-ring (bicyclic) bond motifs is 1. The van der Waals surface area contributed by atoms with Crippen molar-refractivity contribution >= 4 is 26.8 Å². The van der Waals surface area contributed by atoms with Crippen LogP contribution in [0.1, 0.15) is 23.2 Å². The van der Waals surface area contributed by atoms with Crippen molar-refractivity contribution in [3.05, 3.63) is 64.6 Å². The van der Waals surface area contributed by atoms with Gasteiger partial charge in [0.25, 0.3) is 5.91 Å². The molecule has 3 aromatic rings. The fourth-order valence-electron chi connectivity index (χ4n) is 3.52. The van der Waals surface area contributed by atoms with Gasteiger partial charge < -0.3 is 10.3 Å². The first-order valence-corrected chi connectivity index (χ1v) is 10.6. The van der Waals surface area contributed by atoms with Gasteiger partial charge in [0.1, 0.15) is 0 Å². The van der Waals surface area contributed by atoms with Gasteiger partial charge in [0.05, 0.1) is 26.7 Å². The minimum atomic E-state index is -3.67. The molecule has 0 bridgehead atoms. The average Bonchev–Trinajstić information content (AvgIpc) is 3.04. The number of rotatable bonds is 4. The number of aromatic nitrogens is 2. The van der Waals surface area contributed by atoms with E-state index in [4.69, 9.17) is 0 Å². The number of benzene rings is 2. The summed E-state index contributed by atoms with van der Waals surface area (Å²) >= 11 is 0. The molecular formula is C19H20N4O4S. The molecular weight excluding hydrogens is 380 g/mol. The molecule has 0 saturated carbocycles. The van der Waals surface area contributed by atoms with Crippen molar-refractivity contribution < 1.29 is 13.2 Å². The summed E-state index contributed by atoms with van der Waals surface area (Å²) in [5, 5.41) is 2.61. The van der Waals surface area contributed by atoms with E-state index in [1.165, 1.54) is 12.1 Å². The van der Waals surface area contributed by atoms with Crippen LogP contribution in [0.25, 0.3) is 11.0 Å². The van der Waals surface area contributed by atoms with E-state index in [1.54, 1.807) is 36.4 Å². The van der Waals surface area contributed by atoms with Crippen LogP contribution >= 0.6 is 0 Å². The second kappa shape index (κ2) is 7.25. The number of sulfone groups is 1. The maximum atomic E-state index is 13.1. The highest BCUT2D eigenvalue weighted by molar-refractivity contribution is 7.92. The van der Waals surface area contributed by atoms with E-state index in [0.29, 0.717) is 37.0 Å². The first kappa shape index (κ1) is 18.5. The number of carbonyl (C=O) groups excluding carboxylic acids is 1. The van der Waals surface area contributed by atoms with E-state index in [9.17, 15) is 18.0 Å². The molecule has 8 nitrogen and oxygen atoms in total. The number of carbonyl (C=O) groups is 1. The van der Waals surface area contributed by atoms with E-state index < -0.39 is 26.7 Å². The second-order valence-corrected chi connectivity index (χ2v) is 8.91. The molecule has 1 aliphatic rings. The van der Waals surface area contributed by atoms with Crippen molar-refractivity contribution in [1.29, 1.82) is 0 Å². The monoisotopic (exact) mass is 400 g/mol. The van der Waals surface area contributed by atoms with Crippen LogP contribution in [-0.4, -0.2) is 42.3 Å². The number of imidazole rings is 1. The van der Waals surface area contributed by atoms with Gasteiger partial charge in [0, 0.05) is 0 Å². The van der Waals surface area contributed by atoms with Gasteiger partial charge in [-0.05, 0) is 50.2 Å². The summed E-state index contributed by atoms with van der Waals surface area (Å²) in [7, 11) is -3.67. The third-order valence-corrected chi connectivity index (χ3v) is 7.28. The Balaban J connectivity index is 1.71. The SMILES string of the molecule is O=C(Nn1c(=O)[nH]c2ccccc21)c1ccccc1S(=O)(=O)C1CCNCC1.